The number of carboxylic acid groups (broad SMARTS) is 1. The van der Waals surface area contributed by atoms with Gasteiger partial charge in [0, 0.05) is 3.57 Å². The van der Waals surface area contributed by atoms with Gasteiger partial charge in [0.05, 0.1) is 0 Å². The Kier molecular flexibility index (Phi) is 8.95. The van der Waals surface area contributed by atoms with Crippen molar-refractivity contribution in [1.82, 2.24) is 0 Å². The molecule has 3 nitrogen and oxygen atoms in total. The van der Waals surface area contributed by atoms with Crippen molar-refractivity contribution in [3.63, 3.8) is 0 Å². The fourth-order valence-electron chi connectivity index (χ4n) is 0.680. The molecule has 0 unspecified atom stereocenters. The Morgan fingerprint density at radius 3 is 2.31 bits per heavy atom. The van der Waals surface area contributed by atoms with E-state index in [9.17, 15) is 4.79 Å². The summed E-state index contributed by atoms with van der Waals surface area (Å²) >= 11 is 1.98. The molecule has 1 rings (SSSR count). The second kappa shape index (κ2) is 7.15. The van der Waals surface area contributed by atoms with Gasteiger partial charge in [0.25, 0.3) is 0 Å². The molecule has 0 saturated heterocycles. The van der Waals surface area contributed by atoms with E-state index in [1.165, 1.54) is 12.1 Å². The van der Waals surface area contributed by atoms with Gasteiger partial charge in [0.1, 0.15) is 11.3 Å². The van der Waals surface area contributed by atoms with Gasteiger partial charge in [-0.3, -0.25) is 0 Å². The number of hydrogen-bond acceptors (Lipinski definition) is 2. The van der Waals surface area contributed by atoms with E-state index >= 15 is 0 Å². The van der Waals surface area contributed by atoms with Gasteiger partial charge in [-0.2, -0.15) is 0 Å². The fourth-order valence-corrected chi connectivity index (χ4v) is 1.17. The SMILES string of the molecule is O=C(O)c1cc(I)ccc1O.[LiH].[NaH]. The number of aromatic carboxylic acids is 1. The van der Waals surface area contributed by atoms with Gasteiger partial charge in [-0.1, -0.05) is 0 Å². The fraction of sp³-hybridized carbons (Fsp3) is 0. The normalized spacial score (nSPS) is 8.08. The topological polar surface area (TPSA) is 57.5 Å². The first-order chi connectivity index (χ1) is 5.11. The average Bonchev–Trinajstić information content (AvgIpc) is 1.94. The van der Waals surface area contributed by atoms with Crippen LogP contribution < -0.4 is 0 Å². The quantitative estimate of drug-likeness (QED) is 0.582. The number of benzene rings is 1. The van der Waals surface area contributed by atoms with Gasteiger partial charge in [-0.15, -0.1) is 0 Å². The Morgan fingerprint density at radius 2 is 1.92 bits per heavy atom. The summed E-state index contributed by atoms with van der Waals surface area (Å²) in [6.45, 7) is 0. The molecule has 2 N–H and O–H groups in total. The van der Waals surface area contributed by atoms with Crippen molar-refractivity contribution >= 4 is 77.0 Å². The van der Waals surface area contributed by atoms with Crippen LogP contribution in [0.25, 0.3) is 0 Å². The van der Waals surface area contributed by atoms with Crippen LogP contribution in [-0.4, -0.2) is 64.6 Å². The first-order valence-corrected chi connectivity index (χ1v) is 3.91. The number of halogens is 1. The Bertz CT molecular complexity index is 306. The van der Waals surface area contributed by atoms with Crippen molar-refractivity contribution in [2.45, 2.75) is 0 Å². The molecular formula is C7H7ILiNaO3. The number of hydrogen-bond donors (Lipinski definition) is 2. The van der Waals surface area contributed by atoms with E-state index in [1.54, 1.807) is 6.07 Å². The van der Waals surface area contributed by atoms with E-state index in [1.807, 2.05) is 22.6 Å². The van der Waals surface area contributed by atoms with E-state index < -0.39 is 5.97 Å². The molecule has 0 bridgehead atoms. The van der Waals surface area contributed by atoms with Gasteiger partial charge in [0.15, 0.2) is 0 Å². The third-order valence-electron chi connectivity index (χ3n) is 1.19. The molecule has 0 radical (unpaired) electrons. The van der Waals surface area contributed by atoms with Crippen LogP contribution in [-0.2, 0) is 0 Å². The third kappa shape index (κ3) is 4.72. The molecule has 0 heterocycles. The minimum absolute atomic E-state index is 0. The first-order valence-electron chi connectivity index (χ1n) is 2.83. The van der Waals surface area contributed by atoms with Crippen LogP contribution in [0.15, 0.2) is 18.2 Å². The molecule has 13 heavy (non-hydrogen) atoms. The van der Waals surface area contributed by atoms with Crippen LogP contribution in [0.4, 0.5) is 0 Å². The van der Waals surface area contributed by atoms with Gasteiger partial charge < -0.3 is 10.2 Å². The third-order valence-corrected chi connectivity index (χ3v) is 1.86. The summed E-state index contributed by atoms with van der Waals surface area (Å²) in [5.74, 6) is -1.31. The second-order valence-corrected chi connectivity index (χ2v) is 3.21. The van der Waals surface area contributed by atoms with Crippen molar-refractivity contribution in [3.8, 4) is 5.75 Å². The number of carboxylic acids is 1. The van der Waals surface area contributed by atoms with Crippen LogP contribution in [0.5, 0.6) is 5.75 Å². The van der Waals surface area contributed by atoms with Crippen molar-refractivity contribution in [1.29, 1.82) is 0 Å². The van der Waals surface area contributed by atoms with E-state index in [4.69, 9.17) is 10.2 Å². The number of aromatic hydroxyl groups is 1. The molecule has 0 aliphatic rings. The maximum absolute atomic E-state index is 10.4. The summed E-state index contributed by atoms with van der Waals surface area (Å²) in [6, 6.07) is 4.42. The predicted octanol–water partition coefficient (Wildman–Crippen LogP) is 0.398. The zero-order chi connectivity index (χ0) is 8.43. The van der Waals surface area contributed by atoms with Crippen molar-refractivity contribution in [2.24, 2.45) is 0 Å². The maximum atomic E-state index is 10.4. The molecule has 0 atom stereocenters. The molecule has 0 saturated carbocycles. The Morgan fingerprint density at radius 1 is 1.38 bits per heavy atom. The first kappa shape index (κ1) is 16.3. The second-order valence-electron chi connectivity index (χ2n) is 1.97. The van der Waals surface area contributed by atoms with Crippen molar-refractivity contribution in [3.05, 3.63) is 27.3 Å². The van der Waals surface area contributed by atoms with Crippen LogP contribution in [0.1, 0.15) is 10.4 Å². The minimum atomic E-state index is -1.11. The van der Waals surface area contributed by atoms with Crippen molar-refractivity contribution < 1.29 is 15.0 Å². The molecule has 0 amide bonds. The van der Waals surface area contributed by atoms with Crippen LogP contribution in [0.2, 0.25) is 0 Å². The van der Waals surface area contributed by atoms with Gasteiger partial charge in [-0.05, 0) is 40.8 Å². The Balaban J connectivity index is 0. The summed E-state index contributed by atoms with van der Waals surface area (Å²) in [6.07, 6.45) is 0. The summed E-state index contributed by atoms with van der Waals surface area (Å²) in [5, 5.41) is 17.5. The zero-order valence-electron chi connectivity index (χ0n) is 5.41. The number of carbonyl (C=O) groups is 1. The van der Waals surface area contributed by atoms with E-state index in [0.717, 1.165) is 3.57 Å². The molecular weight excluding hydrogens is 289 g/mol. The number of rotatable bonds is 1. The molecule has 0 aliphatic carbocycles. The van der Waals surface area contributed by atoms with Crippen LogP contribution in [0, 0.1) is 3.57 Å². The zero-order valence-corrected chi connectivity index (χ0v) is 7.57. The van der Waals surface area contributed by atoms with E-state index in [-0.39, 0.29) is 59.7 Å². The predicted molar refractivity (Wildman–Crippen MR) is 62.1 cm³/mol. The molecule has 0 fully saturated rings. The van der Waals surface area contributed by atoms with E-state index in [0.29, 0.717) is 0 Å². The van der Waals surface area contributed by atoms with Crippen LogP contribution in [0.3, 0.4) is 0 Å². The molecule has 1 aromatic carbocycles. The van der Waals surface area contributed by atoms with Gasteiger partial charge in [-0.25, -0.2) is 4.79 Å². The number of phenols is 1. The molecule has 0 spiro atoms. The van der Waals surface area contributed by atoms with Gasteiger partial charge >= 0.3 is 54.4 Å². The summed E-state index contributed by atoms with van der Waals surface area (Å²) in [7, 11) is 0. The van der Waals surface area contributed by atoms with Crippen LogP contribution >= 0.6 is 22.6 Å². The molecule has 0 aliphatic heterocycles. The molecule has 6 heteroatoms. The average molecular weight is 296 g/mol. The summed E-state index contributed by atoms with van der Waals surface area (Å²) in [4.78, 5) is 10.4. The summed E-state index contributed by atoms with van der Waals surface area (Å²) in [5.41, 5.74) is -0.0584. The molecule has 0 aromatic heterocycles. The summed E-state index contributed by atoms with van der Waals surface area (Å²) < 4.78 is 0.790. The molecule has 1 aromatic rings. The monoisotopic (exact) mass is 296 g/mol. The Labute approximate surface area is 124 Å². The van der Waals surface area contributed by atoms with E-state index in [2.05, 4.69) is 0 Å². The Hall–Kier alpha value is 0.817. The standard InChI is InChI=1S/C7H5IO3.Li.Na.2H/c8-4-1-2-6(9)5(3-4)7(10)11;;;;/h1-3,9H,(H,10,11);;;;. The van der Waals surface area contributed by atoms with Crippen molar-refractivity contribution in [2.75, 3.05) is 0 Å². The molecule has 62 valence electrons. The van der Waals surface area contributed by atoms with Gasteiger partial charge in [0.2, 0.25) is 0 Å².